The van der Waals surface area contributed by atoms with Gasteiger partial charge in [0.1, 0.15) is 0 Å². The number of hydrogen-bond donors (Lipinski definition) is 0. The van der Waals surface area contributed by atoms with Gasteiger partial charge in [-0.15, -0.1) is 0 Å². The number of nitrogens with zero attached hydrogens (tertiary/aromatic N) is 2. The van der Waals surface area contributed by atoms with Crippen LogP contribution in [0.2, 0.25) is 0 Å². The molecule has 1 rings (SSSR count). The summed E-state index contributed by atoms with van der Waals surface area (Å²) in [5, 5.41) is 0. The van der Waals surface area contributed by atoms with E-state index in [1.165, 1.54) is 0 Å². The second kappa shape index (κ2) is 8.45. The first-order chi connectivity index (χ1) is 8.63. The predicted molar refractivity (Wildman–Crippen MR) is 70.4 cm³/mol. The molecule has 0 aromatic rings. The summed E-state index contributed by atoms with van der Waals surface area (Å²) in [6.45, 7) is 5.96. The van der Waals surface area contributed by atoms with Crippen LogP contribution in [0.1, 0.15) is 26.2 Å². The molecule has 0 radical (unpaired) electrons. The van der Waals surface area contributed by atoms with Gasteiger partial charge in [0.15, 0.2) is 6.29 Å². The number of carbonyl (C=O) groups is 1. The van der Waals surface area contributed by atoms with Crippen molar-refractivity contribution in [1.29, 1.82) is 0 Å². The summed E-state index contributed by atoms with van der Waals surface area (Å²) in [6.07, 6.45) is 2.77. The van der Waals surface area contributed by atoms with Gasteiger partial charge in [0, 0.05) is 27.1 Å². The Balaban J connectivity index is 2.29. The van der Waals surface area contributed by atoms with E-state index in [4.69, 9.17) is 9.47 Å². The topological polar surface area (TPSA) is 42.0 Å². The summed E-state index contributed by atoms with van der Waals surface area (Å²) in [4.78, 5) is 15.5. The molecule has 0 atom stereocenters. The van der Waals surface area contributed by atoms with Gasteiger partial charge in [-0.1, -0.05) is 6.92 Å². The average Bonchev–Trinajstić information content (AvgIpc) is 2.37. The van der Waals surface area contributed by atoms with Crippen LogP contribution in [-0.2, 0) is 14.3 Å². The fourth-order valence-corrected chi connectivity index (χ4v) is 1.91. The quantitative estimate of drug-likeness (QED) is 0.681. The number of likely N-dealkylation sites (N-methyl/N-ethyl adjacent to an activating group) is 1. The number of rotatable bonds is 7. The number of ether oxygens (including phenoxy) is 2. The number of amides is 1. The van der Waals surface area contributed by atoms with Crippen LogP contribution >= 0.6 is 0 Å². The molecule has 0 aliphatic carbocycles. The molecule has 5 nitrogen and oxygen atoms in total. The molecule has 1 saturated heterocycles. The van der Waals surface area contributed by atoms with Gasteiger partial charge in [-0.05, 0) is 19.4 Å². The Bertz CT molecular complexity index is 240. The highest BCUT2D eigenvalue weighted by Crippen LogP contribution is 2.09. The number of hydrogen-bond acceptors (Lipinski definition) is 4. The lowest BCUT2D eigenvalue weighted by molar-refractivity contribution is -0.182. The zero-order chi connectivity index (χ0) is 13.4. The van der Waals surface area contributed by atoms with Crippen molar-refractivity contribution in [3.05, 3.63) is 0 Å². The SMILES string of the molecule is CCCN(CCC1OCCCO1)CC(=O)N(C)C. The van der Waals surface area contributed by atoms with Crippen molar-refractivity contribution in [1.82, 2.24) is 9.80 Å². The van der Waals surface area contributed by atoms with Crippen molar-refractivity contribution in [3.8, 4) is 0 Å². The third-order valence-corrected chi connectivity index (χ3v) is 2.97. The predicted octanol–water partition coefficient (Wildman–Crippen LogP) is 0.940. The molecule has 1 fully saturated rings. The van der Waals surface area contributed by atoms with Crippen LogP contribution in [0.15, 0.2) is 0 Å². The van der Waals surface area contributed by atoms with E-state index in [0.717, 1.165) is 45.6 Å². The molecule has 0 bridgehead atoms. The van der Waals surface area contributed by atoms with E-state index in [9.17, 15) is 4.79 Å². The largest absolute Gasteiger partial charge is 0.353 e. The third-order valence-electron chi connectivity index (χ3n) is 2.97. The lowest BCUT2D eigenvalue weighted by atomic mass is 10.3. The van der Waals surface area contributed by atoms with Crippen molar-refractivity contribution >= 4 is 5.91 Å². The summed E-state index contributed by atoms with van der Waals surface area (Å²) in [6, 6.07) is 0. The molecular formula is C13H26N2O3. The van der Waals surface area contributed by atoms with Crippen LogP contribution in [0.5, 0.6) is 0 Å². The summed E-state index contributed by atoms with van der Waals surface area (Å²) in [7, 11) is 3.58. The Morgan fingerprint density at radius 1 is 1.22 bits per heavy atom. The summed E-state index contributed by atoms with van der Waals surface area (Å²) in [5.74, 6) is 0.147. The first-order valence-electron chi connectivity index (χ1n) is 6.79. The van der Waals surface area contributed by atoms with Crippen LogP contribution in [0, 0.1) is 0 Å². The minimum absolute atomic E-state index is 0.0902. The Kier molecular flexibility index (Phi) is 7.23. The Hall–Kier alpha value is -0.650. The lowest BCUT2D eigenvalue weighted by Crippen LogP contribution is -2.39. The normalized spacial score (nSPS) is 17.1. The molecule has 1 aliphatic rings. The third kappa shape index (κ3) is 5.80. The van der Waals surface area contributed by atoms with Crippen LogP contribution < -0.4 is 0 Å². The smallest absolute Gasteiger partial charge is 0.236 e. The molecule has 0 aromatic carbocycles. The fourth-order valence-electron chi connectivity index (χ4n) is 1.91. The molecule has 0 N–H and O–H groups in total. The molecule has 0 saturated carbocycles. The minimum atomic E-state index is -0.0902. The molecule has 1 amide bonds. The Morgan fingerprint density at radius 3 is 2.44 bits per heavy atom. The first kappa shape index (κ1) is 15.4. The molecular weight excluding hydrogens is 232 g/mol. The minimum Gasteiger partial charge on any atom is -0.353 e. The Morgan fingerprint density at radius 2 is 1.89 bits per heavy atom. The molecule has 5 heteroatoms. The maximum Gasteiger partial charge on any atom is 0.236 e. The van der Waals surface area contributed by atoms with Gasteiger partial charge >= 0.3 is 0 Å². The van der Waals surface area contributed by atoms with E-state index in [1.807, 2.05) is 0 Å². The summed E-state index contributed by atoms with van der Waals surface area (Å²) >= 11 is 0. The summed E-state index contributed by atoms with van der Waals surface area (Å²) in [5.41, 5.74) is 0. The van der Waals surface area contributed by atoms with Gasteiger partial charge in [-0.2, -0.15) is 0 Å². The maximum absolute atomic E-state index is 11.7. The number of carbonyl (C=O) groups excluding carboxylic acids is 1. The van der Waals surface area contributed by atoms with Crippen molar-refractivity contribution < 1.29 is 14.3 Å². The standard InChI is InChI=1S/C13H26N2O3/c1-4-7-15(11-12(16)14(2)3)8-6-13-17-9-5-10-18-13/h13H,4-11H2,1-3H3. The van der Waals surface area contributed by atoms with Gasteiger partial charge in [0.05, 0.1) is 19.8 Å². The molecule has 106 valence electrons. The fraction of sp³-hybridized carbons (Fsp3) is 0.923. The molecule has 1 heterocycles. The van der Waals surface area contributed by atoms with Gasteiger partial charge in [0.25, 0.3) is 0 Å². The molecule has 1 aliphatic heterocycles. The highest BCUT2D eigenvalue weighted by Gasteiger charge is 2.17. The second-order valence-corrected chi connectivity index (χ2v) is 4.88. The van der Waals surface area contributed by atoms with Crippen LogP contribution in [0.25, 0.3) is 0 Å². The molecule has 18 heavy (non-hydrogen) atoms. The highest BCUT2D eigenvalue weighted by molar-refractivity contribution is 5.77. The van der Waals surface area contributed by atoms with Crippen LogP contribution in [-0.4, -0.2) is 68.9 Å². The van der Waals surface area contributed by atoms with Crippen molar-refractivity contribution in [3.63, 3.8) is 0 Å². The van der Waals surface area contributed by atoms with Gasteiger partial charge in [-0.3, -0.25) is 9.69 Å². The van der Waals surface area contributed by atoms with E-state index >= 15 is 0 Å². The van der Waals surface area contributed by atoms with Crippen molar-refractivity contribution in [2.75, 3.05) is 46.9 Å². The van der Waals surface area contributed by atoms with Gasteiger partial charge < -0.3 is 14.4 Å². The van der Waals surface area contributed by atoms with Crippen LogP contribution in [0.4, 0.5) is 0 Å². The van der Waals surface area contributed by atoms with Crippen LogP contribution in [0.3, 0.4) is 0 Å². The molecule has 0 spiro atoms. The zero-order valence-electron chi connectivity index (χ0n) is 11.9. The zero-order valence-corrected chi connectivity index (χ0v) is 11.9. The van der Waals surface area contributed by atoms with E-state index in [1.54, 1.807) is 19.0 Å². The van der Waals surface area contributed by atoms with E-state index in [-0.39, 0.29) is 12.2 Å². The average molecular weight is 258 g/mol. The van der Waals surface area contributed by atoms with E-state index < -0.39 is 0 Å². The summed E-state index contributed by atoms with van der Waals surface area (Å²) < 4.78 is 11.0. The molecule has 0 unspecified atom stereocenters. The maximum atomic E-state index is 11.7. The van der Waals surface area contributed by atoms with Crippen molar-refractivity contribution in [2.45, 2.75) is 32.5 Å². The molecule has 0 aromatic heterocycles. The van der Waals surface area contributed by atoms with Crippen molar-refractivity contribution in [2.24, 2.45) is 0 Å². The van der Waals surface area contributed by atoms with E-state index in [2.05, 4.69) is 11.8 Å². The van der Waals surface area contributed by atoms with E-state index in [0.29, 0.717) is 6.54 Å². The monoisotopic (exact) mass is 258 g/mol. The van der Waals surface area contributed by atoms with Gasteiger partial charge in [-0.25, -0.2) is 0 Å². The second-order valence-electron chi connectivity index (χ2n) is 4.88. The lowest BCUT2D eigenvalue weighted by Gasteiger charge is -2.27. The highest BCUT2D eigenvalue weighted by atomic mass is 16.7. The Labute approximate surface area is 110 Å². The van der Waals surface area contributed by atoms with Gasteiger partial charge in [0.2, 0.25) is 5.91 Å². The first-order valence-corrected chi connectivity index (χ1v) is 6.79.